The van der Waals surface area contributed by atoms with E-state index in [9.17, 15) is 4.39 Å². The van der Waals surface area contributed by atoms with Crippen molar-refractivity contribution in [1.29, 1.82) is 0 Å². The summed E-state index contributed by atoms with van der Waals surface area (Å²) in [6.45, 7) is 0. The van der Waals surface area contributed by atoms with Gasteiger partial charge in [0.15, 0.2) is 5.82 Å². The van der Waals surface area contributed by atoms with Gasteiger partial charge in [0, 0.05) is 6.07 Å². The predicted octanol–water partition coefficient (Wildman–Crippen LogP) is 1.67. The summed E-state index contributed by atoms with van der Waals surface area (Å²) in [5.74, 6) is -0.467. The van der Waals surface area contributed by atoms with Gasteiger partial charge in [0.2, 0.25) is 5.82 Å². The molecule has 0 aliphatic carbocycles. The maximum atomic E-state index is 13.2. The van der Waals surface area contributed by atoms with E-state index in [1.165, 1.54) is 13.4 Å². The van der Waals surface area contributed by atoms with E-state index >= 15 is 0 Å². The van der Waals surface area contributed by atoms with Crippen LogP contribution in [0.15, 0.2) is 29.1 Å². The fourth-order valence-electron chi connectivity index (χ4n) is 1.54. The molecule has 0 aliphatic rings. The Balaban J connectivity index is 1.99. The quantitative estimate of drug-likeness (QED) is 0.771. The van der Waals surface area contributed by atoms with Crippen molar-refractivity contribution in [1.82, 2.24) is 25.3 Å². The van der Waals surface area contributed by atoms with Crippen molar-refractivity contribution in [3.05, 3.63) is 30.4 Å². The number of nitrogens with one attached hydrogen (secondary N) is 1. The number of aromatic nitrogens is 5. The number of methoxy groups -OCH3 is 1. The summed E-state index contributed by atoms with van der Waals surface area (Å²) in [6, 6.07) is 3.36. The van der Waals surface area contributed by atoms with Crippen LogP contribution in [0.1, 0.15) is 0 Å². The SMILES string of the molecule is COc1nc(-c2cc(-c3ccon3)n[nH]2)ncc1F. The van der Waals surface area contributed by atoms with Crippen LogP contribution in [0.2, 0.25) is 0 Å². The third-order valence-electron chi connectivity index (χ3n) is 2.42. The van der Waals surface area contributed by atoms with Gasteiger partial charge in [-0.15, -0.1) is 0 Å². The third kappa shape index (κ3) is 2.03. The van der Waals surface area contributed by atoms with Gasteiger partial charge in [-0.05, 0) is 6.07 Å². The molecule has 0 radical (unpaired) electrons. The molecule has 0 fully saturated rings. The Kier molecular flexibility index (Phi) is 2.67. The van der Waals surface area contributed by atoms with E-state index in [4.69, 9.17) is 9.26 Å². The van der Waals surface area contributed by atoms with Crippen molar-refractivity contribution >= 4 is 0 Å². The van der Waals surface area contributed by atoms with Gasteiger partial charge < -0.3 is 9.26 Å². The minimum absolute atomic E-state index is 0.123. The van der Waals surface area contributed by atoms with Crippen LogP contribution in [-0.4, -0.2) is 32.4 Å². The van der Waals surface area contributed by atoms with E-state index in [0.29, 0.717) is 17.1 Å². The molecule has 3 rings (SSSR count). The Morgan fingerprint density at radius 2 is 2.26 bits per heavy atom. The summed E-state index contributed by atoms with van der Waals surface area (Å²) in [6.07, 6.45) is 2.49. The molecule has 0 saturated heterocycles. The first kappa shape index (κ1) is 11.3. The van der Waals surface area contributed by atoms with Crippen LogP contribution >= 0.6 is 0 Å². The van der Waals surface area contributed by atoms with Crippen molar-refractivity contribution in [2.75, 3.05) is 7.11 Å². The topological polar surface area (TPSA) is 89.7 Å². The summed E-state index contributed by atoms with van der Waals surface area (Å²) < 4.78 is 22.7. The third-order valence-corrected chi connectivity index (χ3v) is 2.42. The molecule has 0 aromatic carbocycles. The lowest BCUT2D eigenvalue weighted by Crippen LogP contribution is -1.97. The van der Waals surface area contributed by atoms with Gasteiger partial charge in [-0.25, -0.2) is 4.98 Å². The number of rotatable bonds is 3. The smallest absolute Gasteiger partial charge is 0.253 e. The molecule has 3 aromatic rings. The Morgan fingerprint density at radius 3 is 3.00 bits per heavy atom. The van der Waals surface area contributed by atoms with Gasteiger partial charge in [-0.1, -0.05) is 5.16 Å². The molecule has 0 aliphatic heterocycles. The predicted molar refractivity (Wildman–Crippen MR) is 61.6 cm³/mol. The zero-order valence-electron chi connectivity index (χ0n) is 9.79. The molecule has 0 spiro atoms. The fourth-order valence-corrected chi connectivity index (χ4v) is 1.54. The first-order chi connectivity index (χ1) is 9.28. The molecule has 3 heterocycles. The maximum absolute atomic E-state index is 13.2. The lowest BCUT2D eigenvalue weighted by atomic mass is 10.3. The Bertz CT molecular complexity index is 695. The lowest BCUT2D eigenvalue weighted by molar-refractivity contribution is 0.367. The van der Waals surface area contributed by atoms with Gasteiger partial charge in [0.1, 0.15) is 23.3 Å². The molecule has 7 nitrogen and oxygen atoms in total. The average molecular weight is 261 g/mol. The van der Waals surface area contributed by atoms with Gasteiger partial charge in [0.05, 0.1) is 13.3 Å². The Hall–Kier alpha value is -2.77. The van der Waals surface area contributed by atoms with E-state index in [1.807, 2.05) is 0 Å². The lowest BCUT2D eigenvalue weighted by Gasteiger charge is -2.01. The molecule has 96 valence electrons. The molecule has 19 heavy (non-hydrogen) atoms. The largest absolute Gasteiger partial charge is 0.479 e. The van der Waals surface area contributed by atoms with E-state index < -0.39 is 5.82 Å². The second kappa shape index (κ2) is 4.48. The highest BCUT2D eigenvalue weighted by atomic mass is 19.1. The summed E-state index contributed by atoms with van der Waals surface area (Å²) in [5.41, 5.74) is 1.68. The van der Waals surface area contributed by atoms with E-state index in [-0.39, 0.29) is 11.7 Å². The number of aromatic amines is 1. The molecular weight excluding hydrogens is 253 g/mol. The summed E-state index contributed by atoms with van der Waals surface area (Å²) >= 11 is 0. The summed E-state index contributed by atoms with van der Waals surface area (Å²) in [7, 11) is 1.34. The Morgan fingerprint density at radius 1 is 1.37 bits per heavy atom. The van der Waals surface area contributed by atoms with Crippen LogP contribution in [0.3, 0.4) is 0 Å². The first-order valence-electron chi connectivity index (χ1n) is 5.31. The van der Waals surface area contributed by atoms with Crippen molar-refractivity contribution < 1.29 is 13.7 Å². The molecule has 0 unspecified atom stereocenters. The van der Waals surface area contributed by atoms with Crippen LogP contribution in [0, 0.1) is 5.82 Å². The van der Waals surface area contributed by atoms with E-state index in [0.717, 1.165) is 6.20 Å². The van der Waals surface area contributed by atoms with Crippen molar-refractivity contribution in [3.8, 4) is 28.8 Å². The molecule has 8 heteroatoms. The molecular formula is C11H8FN5O2. The number of nitrogens with zero attached hydrogens (tertiary/aromatic N) is 4. The molecule has 0 amide bonds. The van der Waals surface area contributed by atoms with Crippen LogP contribution in [0.5, 0.6) is 5.88 Å². The molecule has 3 aromatic heterocycles. The van der Waals surface area contributed by atoms with E-state index in [1.54, 1.807) is 12.1 Å². The van der Waals surface area contributed by atoms with Crippen molar-refractivity contribution in [3.63, 3.8) is 0 Å². The normalized spacial score (nSPS) is 10.6. The monoisotopic (exact) mass is 261 g/mol. The van der Waals surface area contributed by atoms with E-state index in [2.05, 4.69) is 25.3 Å². The number of H-pyrrole nitrogens is 1. The summed E-state index contributed by atoms with van der Waals surface area (Å²) in [5, 5.41) is 10.6. The van der Waals surface area contributed by atoms with Gasteiger partial charge >= 0.3 is 0 Å². The van der Waals surface area contributed by atoms with Gasteiger partial charge in [-0.3, -0.25) is 5.10 Å². The van der Waals surface area contributed by atoms with Gasteiger partial charge in [0.25, 0.3) is 5.88 Å². The van der Waals surface area contributed by atoms with Crippen LogP contribution in [-0.2, 0) is 0 Å². The summed E-state index contributed by atoms with van der Waals surface area (Å²) in [4.78, 5) is 7.80. The van der Waals surface area contributed by atoms with Crippen LogP contribution in [0.4, 0.5) is 4.39 Å². The second-order valence-corrected chi connectivity index (χ2v) is 3.60. The number of halogens is 1. The molecule has 0 bridgehead atoms. The Labute approximate surface area is 106 Å². The molecule has 1 N–H and O–H groups in total. The highest BCUT2D eigenvalue weighted by Crippen LogP contribution is 2.22. The number of ether oxygens (including phenoxy) is 1. The first-order valence-corrected chi connectivity index (χ1v) is 5.31. The highest BCUT2D eigenvalue weighted by Gasteiger charge is 2.13. The standard InChI is InChI=1S/C11H8FN5O2/c1-18-11-6(12)5-13-10(14-11)9-4-8(15-16-9)7-2-3-19-17-7/h2-5H,1H3,(H,15,16). The van der Waals surface area contributed by atoms with Gasteiger partial charge in [-0.2, -0.15) is 14.5 Å². The minimum Gasteiger partial charge on any atom is -0.479 e. The maximum Gasteiger partial charge on any atom is 0.253 e. The minimum atomic E-state index is -0.623. The number of hydrogen-bond acceptors (Lipinski definition) is 6. The van der Waals surface area contributed by atoms with Crippen LogP contribution < -0.4 is 4.74 Å². The zero-order chi connectivity index (χ0) is 13.2. The second-order valence-electron chi connectivity index (χ2n) is 3.60. The zero-order valence-corrected chi connectivity index (χ0v) is 9.79. The van der Waals surface area contributed by atoms with Crippen molar-refractivity contribution in [2.24, 2.45) is 0 Å². The van der Waals surface area contributed by atoms with Crippen molar-refractivity contribution in [2.45, 2.75) is 0 Å². The highest BCUT2D eigenvalue weighted by molar-refractivity contribution is 5.61. The fraction of sp³-hybridized carbons (Fsp3) is 0.0909. The average Bonchev–Trinajstić information content (AvgIpc) is 3.10. The molecule has 0 atom stereocenters. The number of hydrogen-bond donors (Lipinski definition) is 1. The molecule has 0 saturated carbocycles. The van der Waals surface area contributed by atoms with Crippen LogP contribution in [0.25, 0.3) is 22.9 Å².